The van der Waals surface area contributed by atoms with E-state index in [-0.39, 0.29) is 19.0 Å². The van der Waals surface area contributed by atoms with Gasteiger partial charge in [0.1, 0.15) is 5.82 Å². The smallest absolute Gasteiger partial charge is 0.251 e. The Labute approximate surface area is 160 Å². The fourth-order valence-electron chi connectivity index (χ4n) is 2.95. The molecule has 0 saturated heterocycles. The van der Waals surface area contributed by atoms with E-state index in [0.717, 1.165) is 11.1 Å². The van der Waals surface area contributed by atoms with Crippen molar-refractivity contribution in [3.63, 3.8) is 0 Å². The van der Waals surface area contributed by atoms with Crippen LogP contribution in [0.2, 0.25) is 0 Å². The van der Waals surface area contributed by atoms with Crippen LogP contribution >= 0.6 is 0 Å². The molecule has 0 aliphatic heterocycles. The first-order chi connectivity index (χ1) is 12.8. The Balaban J connectivity index is 2.20. The van der Waals surface area contributed by atoms with E-state index >= 15 is 0 Å². The number of benzene rings is 2. The number of rotatable bonds is 8. The average Bonchev–Trinajstić information content (AvgIpc) is 2.64. The Morgan fingerprint density at radius 2 is 1.59 bits per heavy atom. The van der Waals surface area contributed by atoms with E-state index in [2.05, 4.69) is 5.32 Å². The van der Waals surface area contributed by atoms with Crippen LogP contribution in [0.15, 0.2) is 42.5 Å². The lowest BCUT2D eigenvalue weighted by Crippen LogP contribution is -2.39. The topological polar surface area (TPSA) is 66.5 Å². The highest BCUT2D eigenvalue weighted by Crippen LogP contribution is 2.28. The monoisotopic (exact) mass is 392 g/mol. The van der Waals surface area contributed by atoms with E-state index in [9.17, 15) is 17.6 Å². The largest absolute Gasteiger partial charge is 0.350 e. The number of amides is 1. The van der Waals surface area contributed by atoms with Crippen LogP contribution in [0, 0.1) is 5.82 Å². The lowest BCUT2D eigenvalue weighted by atomic mass is 10.0. The predicted octanol–water partition coefficient (Wildman–Crippen LogP) is 3.15. The first-order valence-corrected chi connectivity index (χ1v) is 10.7. The van der Waals surface area contributed by atoms with Crippen LogP contribution in [0.1, 0.15) is 35.3 Å². The van der Waals surface area contributed by atoms with Crippen molar-refractivity contribution in [1.82, 2.24) is 5.32 Å². The van der Waals surface area contributed by atoms with Gasteiger partial charge >= 0.3 is 0 Å². The van der Waals surface area contributed by atoms with E-state index in [1.165, 1.54) is 34.8 Å². The Kier molecular flexibility index (Phi) is 6.96. The molecule has 5 nitrogen and oxygen atoms in total. The van der Waals surface area contributed by atoms with Gasteiger partial charge in [-0.15, -0.1) is 0 Å². The van der Waals surface area contributed by atoms with Gasteiger partial charge < -0.3 is 5.32 Å². The molecule has 1 amide bonds. The highest BCUT2D eigenvalue weighted by molar-refractivity contribution is 7.92. The minimum atomic E-state index is -3.52. The third-order valence-corrected chi connectivity index (χ3v) is 5.49. The second kappa shape index (κ2) is 8.99. The van der Waals surface area contributed by atoms with Crippen molar-refractivity contribution < 1.29 is 17.6 Å². The van der Waals surface area contributed by atoms with Crippen LogP contribution in [0.4, 0.5) is 10.1 Å². The van der Waals surface area contributed by atoms with Crippen molar-refractivity contribution in [1.29, 1.82) is 0 Å². The maximum Gasteiger partial charge on any atom is 0.251 e. The fraction of sp³-hybridized carbons (Fsp3) is 0.350. The quantitative estimate of drug-likeness (QED) is 0.750. The summed E-state index contributed by atoms with van der Waals surface area (Å²) in [5, 5.41) is 2.70. The van der Waals surface area contributed by atoms with Crippen LogP contribution in [0.25, 0.3) is 0 Å². The molecule has 0 fully saturated rings. The number of halogens is 1. The molecule has 27 heavy (non-hydrogen) atoms. The van der Waals surface area contributed by atoms with E-state index in [1.807, 2.05) is 32.0 Å². The molecule has 0 bridgehead atoms. The van der Waals surface area contributed by atoms with Gasteiger partial charge in [-0.25, -0.2) is 12.8 Å². The molecule has 1 N–H and O–H groups in total. The number of hydrogen-bond acceptors (Lipinski definition) is 3. The number of para-hydroxylation sites is 1. The molecular formula is C20H25FN2O3S. The summed E-state index contributed by atoms with van der Waals surface area (Å²) in [6.45, 7) is 4.23. The molecule has 0 saturated carbocycles. The molecule has 2 rings (SSSR count). The van der Waals surface area contributed by atoms with Crippen LogP contribution in [0.5, 0.6) is 0 Å². The van der Waals surface area contributed by atoms with Gasteiger partial charge in [-0.05, 0) is 48.2 Å². The molecule has 0 heterocycles. The number of hydrogen-bond donors (Lipinski definition) is 1. The van der Waals surface area contributed by atoms with E-state index < -0.39 is 15.8 Å². The molecule has 0 unspecified atom stereocenters. The summed E-state index contributed by atoms with van der Waals surface area (Å²) in [6, 6.07) is 11.0. The lowest BCUT2D eigenvalue weighted by Gasteiger charge is -2.27. The molecular weight excluding hydrogens is 367 g/mol. The Bertz CT molecular complexity index is 874. The molecule has 0 aliphatic carbocycles. The summed E-state index contributed by atoms with van der Waals surface area (Å²) in [4.78, 5) is 12.2. The molecule has 0 spiro atoms. The predicted molar refractivity (Wildman–Crippen MR) is 106 cm³/mol. The van der Waals surface area contributed by atoms with Crippen molar-refractivity contribution >= 4 is 21.6 Å². The molecule has 0 radical (unpaired) electrons. The molecule has 2 aromatic rings. The standard InChI is InChI=1S/C20H25FN2O3S/c1-4-15-7-6-8-16(5-2)19(15)23(27(3,25)26)14-13-22-20(24)17-9-11-18(21)12-10-17/h6-12H,4-5,13-14H2,1-3H3,(H,22,24). The third kappa shape index (κ3) is 5.29. The Morgan fingerprint density at radius 1 is 1.04 bits per heavy atom. The zero-order valence-electron chi connectivity index (χ0n) is 15.8. The summed E-state index contributed by atoms with van der Waals surface area (Å²) in [7, 11) is -3.52. The van der Waals surface area contributed by atoms with Gasteiger partial charge in [0.25, 0.3) is 5.91 Å². The van der Waals surface area contributed by atoms with Gasteiger partial charge in [-0.1, -0.05) is 32.0 Å². The number of sulfonamides is 1. The molecule has 7 heteroatoms. The highest BCUT2D eigenvalue weighted by Gasteiger charge is 2.22. The fourth-order valence-corrected chi connectivity index (χ4v) is 3.94. The third-order valence-electron chi connectivity index (χ3n) is 4.32. The van der Waals surface area contributed by atoms with Gasteiger partial charge in [0.2, 0.25) is 10.0 Å². The second-order valence-electron chi connectivity index (χ2n) is 6.23. The average molecular weight is 392 g/mol. The molecule has 2 aromatic carbocycles. The molecule has 0 aliphatic rings. The van der Waals surface area contributed by atoms with Gasteiger partial charge in [0, 0.05) is 12.1 Å². The maximum absolute atomic E-state index is 13.0. The van der Waals surface area contributed by atoms with Gasteiger partial charge in [0.15, 0.2) is 0 Å². The zero-order valence-corrected chi connectivity index (χ0v) is 16.6. The Hall–Kier alpha value is -2.41. The minimum absolute atomic E-state index is 0.121. The van der Waals surface area contributed by atoms with E-state index in [0.29, 0.717) is 24.1 Å². The van der Waals surface area contributed by atoms with E-state index in [1.54, 1.807) is 0 Å². The number of nitrogens with zero attached hydrogens (tertiary/aromatic N) is 1. The van der Waals surface area contributed by atoms with Crippen LogP contribution < -0.4 is 9.62 Å². The van der Waals surface area contributed by atoms with E-state index in [4.69, 9.17) is 0 Å². The van der Waals surface area contributed by atoms with Crippen molar-refractivity contribution in [2.45, 2.75) is 26.7 Å². The first-order valence-electron chi connectivity index (χ1n) is 8.90. The van der Waals surface area contributed by atoms with Crippen LogP contribution in [-0.2, 0) is 22.9 Å². The van der Waals surface area contributed by atoms with Crippen molar-refractivity contribution in [2.24, 2.45) is 0 Å². The highest BCUT2D eigenvalue weighted by atomic mass is 32.2. The summed E-state index contributed by atoms with van der Waals surface area (Å²) >= 11 is 0. The lowest BCUT2D eigenvalue weighted by molar-refractivity contribution is 0.0955. The number of carbonyl (C=O) groups is 1. The number of aryl methyl sites for hydroxylation is 2. The molecule has 146 valence electrons. The molecule has 0 aromatic heterocycles. The second-order valence-corrected chi connectivity index (χ2v) is 8.14. The maximum atomic E-state index is 13.0. The van der Waals surface area contributed by atoms with Crippen LogP contribution in [-0.4, -0.2) is 33.7 Å². The number of anilines is 1. The van der Waals surface area contributed by atoms with Gasteiger partial charge in [-0.2, -0.15) is 0 Å². The van der Waals surface area contributed by atoms with Crippen molar-refractivity contribution in [3.05, 3.63) is 65.0 Å². The van der Waals surface area contributed by atoms with Crippen molar-refractivity contribution in [2.75, 3.05) is 23.7 Å². The minimum Gasteiger partial charge on any atom is -0.350 e. The normalized spacial score (nSPS) is 11.3. The van der Waals surface area contributed by atoms with Crippen molar-refractivity contribution in [3.8, 4) is 0 Å². The molecule has 0 atom stereocenters. The summed E-state index contributed by atoms with van der Waals surface area (Å²) < 4.78 is 39.2. The SMILES string of the molecule is CCc1cccc(CC)c1N(CCNC(=O)c1ccc(F)cc1)S(C)(=O)=O. The first kappa shape index (κ1) is 20.9. The Morgan fingerprint density at radius 3 is 2.07 bits per heavy atom. The van der Waals surface area contributed by atoms with Gasteiger partial charge in [-0.3, -0.25) is 9.10 Å². The number of nitrogens with one attached hydrogen (secondary N) is 1. The number of carbonyl (C=O) groups excluding carboxylic acids is 1. The summed E-state index contributed by atoms with van der Waals surface area (Å²) in [5.41, 5.74) is 2.92. The van der Waals surface area contributed by atoms with Gasteiger partial charge in [0.05, 0.1) is 18.5 Å². The summed E-state index contributed by atoms with van der Waals surface area (Å²) in [6.07, 6.45) is 2.58. The van der Waals surface area contributed by atoms with Crippen LogP contribution in [0.3, 0.4) is 0 Å². The zero-order chi connectivity index (χ0) is 20.0. The summed E-state index contributed by atoms with van der Waals surface area (Å²) in [5.74, 6) is -0.791.